The van der Waals surface area contributed by atoms with Crippen LogP contribution in [0.2, 0.25) is 0 Å². The number of rotatable bonds is 4. The molecular formula is C12H20N2S. The zero-order valence-corrected chi connectivity index (χ0v) is 10.5. The van der Waals surface area contributed by atoms with Gasteiger partial charge in [-0.3, -0.25) is 4.99 Å². The van der Waals surface area contributed by atoms with Crippen molar-refractivity contribution < 1.29 is 0 Å². The van der Waals surface area contributed by atoms with Crippen molar-refractivity contribution in [3.8, 4) is 0 Å². The lowest BCUT2D eigenvalue weighted by Crippen LogP contribution is -2.20. The molecule has 0 amide bonds. The molecule has 0 spiro atoms. The van der Waals surface area contributed by atoms with Gasteiger partial charge in [-0.1, -0.05) is 18.3 Å². The molecule has 0 aromatic heterocycles. The molecule has 0 radical (unpaired) electrons. The third-order valence-corrected chi connectivity index (χ3v) is 2.68. The zero-order chi connectivity index (χ0) is 11.1. The molecule has 0 fully saturated rings. The molecule has 84 valence electrons. The summed E-state index contributed by atoms with van der Waals surface area (Å²) in [7, 11) is 0. The lowest BCUT2D eigenvalue weighted by Gasteiger charge is -2.12. The highest BCUT2D eigenvalue weighted by Crippen LogP contribution is 2.14. The number of aliphatic imine (C=N–C) groups is 1. The Bertz CT molecular complexity index is 279. The molecule has 15 heavy (non-hydrogen) atoms. The van der Waals surface area contributed by atoms with Gasteiger partial charge in [0.1, 0.15) is 0 Å². The normalized spacial score (nSPS) is 18.8. The van der Waals surface area contributed by atoms with Crippen molar-refractivity contribution in [2.24, 2.45) is 4.99 Å². The first-order valence-corrected chi connectivity index (χ1v) is 6.06. The maximum absolute atomic E-state index is 4.93. The second-order valence-electron chi connectivity index (χ2n) is 3.94. The van der Waals surface area contributed by atoms with E-state index >= 15 is 0 Å². The first-order valence-electron chi connectivity index (χ1n) is 5.65. The van der Waals surface area contributed by atoms with Gasteiger partial charge in [-0.05, 0) is 45.1 Å². The van der Waals surface area contributed by atoms with Crippen molar-refractivity contribution in [3.05, 3.63) is 11.6 Å². The molecule has 0 aromatic rings. The highest BCUT2D eigenvalue weighted by Gasteiger charge is 2.06. The molecule has 1 N–H and O–H groups in total. The summed E-state index contributed by atoms with van der Waals surface area (Å²) in [6.45, 7) is 5.93. The molecule has 0 aliphatic heterocycles. The van der Waals surface area contributed by atoms with Crippen LogP contribution in [-0.4, -0.2) is 23.8 Å². The lowest BCUT2D eigenvalue weighted by atomic mass is 9.98. The first kappa shape index (κ1) is 12.4. The first-order chi connectivity index (χ1) is 7.20. The van der Waals surface area contributed by atoms with E-state index in [1.807, 2.05) is 6.92 Å². The Kier molecular flexibility index (Phi) is 5.54. The number of thiocarbonyl (C=S) groups is 1. The molecule has 0 aromatic carbocycles. The van der Waals surface area contributed by atoms with E-state index in [0.29, 0.717) is 0 Å². The van der Waals surface area contributed by atoms with Gasteiger partial charge in [-0.2, -0.15) is 0 Å². The van der Waals surface area contributed by atoms with E-state index in [-0.39, 0.29) is 0 Å². The van der Waals surface area contributed by atoms with Crippen LogP contribution in [0.15, 0.2) is 16.6 Å². The Morgan fingerprint density at radius 1 is 1.60 bits per heavy atom. The Balaban J connectivity index is 2.22. The maximum atomic E-state index is 4.93. The quantitative estimate of drug-likeness (QED) is 0.586. The van der Waals surface area contributed by atoms with Crippen LogP contribution in [0, 0.1) is 0 Å². The largest absolute Gasteiger partial charge is 0.380 e. The van der Waals surface area contributed by atoms with Gasteiger partial charge in [0.2, 0.25) is 0 Å². The number of hydrogen-bond acceptors (Lipinski definition) is 2. The van der Waals surface area contributed by atoms with E-state index in [0.717, 1.165) is 30.9 Å². The minimum atomic E-state index is 0.872. The van der Waals surface area contributed by atoms with Crippen LogP contribution < -0.4 is 5.32 Å². The van der Waals surface area contributed by atoms with Crippen LogP contribution in [0.5, 0.6) is 0 Å². The highest BCUT2D eigenvalue weighted by molar-refractivity contribution is 7.80. The van der Waals surface area contributed by atoms with E-state index in [4.69, 9.17) is 12.2 Å². The number of nitrogens with one attached hydrogen (secondary N) is 1. The third-order valence-electron chi connectivity index (χ3n) is 2.53. The molecule has 1 aliphatic carbocycles. The van der Waals surface area contributed by atoms with E-state index in [2.05, 4.69) is 23.3 Å². The molecular weight excluding hydrogens is 204 g/mol. The smallest absolute Gasteiger partial charge is 0.0721 e. The fraction of sp³-hybridized carbons (Fsp3) is 0.667. The van der Waals surface area contributed by atoms with Gasteiger partial charge < -0.3 is 5.32 Å². The Labute approximate surface area is 97.9 Å². The summed E-state index contributed by atoms with van der Waals surface area (Å²) in [5.74, 6) is 0. The maximum Gasteiger partial charge on any atom is 0.0721 e. The summed E-state index contributed by atoms with van der Waals surface area (Å²) in [6.07, 6.45) is 6.98. The molecule has 0 heterocycles. The fourth-order valence-electron chi connectivity index (χ4n) is 1.66. The van der Waals surface area contributed by atoms with Gasteiger partial charge in [0.25, 0.3) is 0 Å². The molecule has 2 nitrogen and oxygen atoms in total. The van der Waals surface area contributed by atoms with Crippen LogP contribution in [0.1, 0.15) is 39.5 Å². The van der Waals surface area contributed by atoms with Crippen molar-refractivity contribution in [1.29, 1.82) is 0 Å². The standard InChI is InChI=1S/C12H20N2S/c1-10-6-3-4-7-12(10)14-9-5-8-13-11(2)15/h6H,3-5,7-9H2,1-2H3,(H,13,15). The summed E-state index contributed by atoms with van der Waals surface area (Å²) < 4.78 is 0. The number of allylic oxidation sites excluding steroid dienone is 2. The predicted octanol–water partition coefficient (Wildman–Crippen LogP) is 2.88. The van der Waals surface area contributed by atoms with Crippen molar-refractivity contribution in [2.75, 3.05) is 13.1 Å². The summed E-state index contributed by atoms with van der Waals surface area (Å²) in [5.41, 5.74) is 2.68. The monoisotopic (exact) mass is 224 g/mol. The average molecular weight is 224 g/mol. The fourth-order valence-corrected chi connectivity index (χ4v) is 1.77. The number of nitrogens with zero attached hydrogens (tertiary/aromatic N) is 1. The second-order valence-corrected chi connectivity index (χ2v) is 4.56. The van der Waals surface area contributed by atoms with Crippen LogP contribution in [0.25, 0.3) is 0 Å². The lowest BCUT2D eigenvalue weighted by molar-refractivity contribution is 0.780. The Hall–Kier alpha value is -0.700. The van der Waals surface area contributed by atoms with Gasteiger partial charge in [0, 0.05) is 18.8 Å². The van der Waals surface area contributed by atoms with Gasteiger partial charge in [0.05, 0.1) is 4.99 Å². The minimum absolute atomic E-state index is 0.872. The molecule has 3 heteroatoms. The van der Waals surface area contributed by atoms with Crippen molar-refractivity contribution in [2.45, 2.75) is 39.5 Å². The zero-order valence-electron chi connectivity index (χ0n) is 9.68. The Morgan fingerprint density at radius 3 is 3.07 bits per heavy atom. The summed E-state index contributed by atoms with van der Waals surface area (Å²) in [5, 5.41) is 3.14. The molecule has 1 rings (SSSR count). The molecule has 0 atom stereocenters. The summed E-state index contributed by atoms with van der Waals surface area (Å²) in [6, 6.07) is 0. The molecule has 0 bridgehead atoms. The topological polar surface area (TPSA) is 24.4 Å². The minimum Gasteiger partial charge on any atom is -0.380 e. The van der Waals surface area contributed by atoms with Crippen molar-refractivity contribution in [1.82, 2.24) is 5.32 Å². The van der Waals surface area contributed by atoms with E-state index < -0.39 is 0 Å². The van der Waals surface area contributed by atoms with E-state index in [9.17, 15) is 0 Å². The van der Waals surface area contributed by atoms with Crippen molar-refractivity contribution in [3.63, 3.8) is 0 Å². The van der Waals surface area contributed by atoms with Crippen LogP contribution in [0.4, 0.5) is 0 Å². The van der Waals surface area contributed by atoms with Gasteiger partial charge >= 0.3 is 0 Å². The Morgan fingerprint density at radius 2 is 2.40 bits per heavy atom. The summed E-state index contributed by atoms with van der Waals surface area (Å²) in [4.78, 5) is 5.50. The third kappa shape index (κ3) is 5.07. The summed E-state index contributed by atoms with van der Waals surface area (Å²) >= 11 is 4.93. The van der Waals surface area contributed by atoms with Crippen molar-refractivity contribution >= 4 is 22.9 Å². The van der Waals surface area contributed by atoms with E-state index in [1.165, 1.54) is 24.1 Å². The van der Waals surface area contributed by atoms with E-state index in [1.54, 1.807) is 0 Å². The molecule has 0 saturated carbocycles. The van der Waals surface area contributed by atoms with Gasteiger partial charge in [-0.25, -0.2) is 0 Å². The number of hydrogen-bond donors (Lipinski definition) is 1. The van der Waals surface area contributed by atoms with Crippen LogP contribution >= 0.6 is 12.2 Å². The van der Waals surface area contributed by atoms with Gasteiger partial charge in [0.15, 0.2) is 0 Å². The highest BCUT2D eigenvalue weighted by atomic mass is 32.1. The SMILES string of the molecule is CC(=S)NCCCN=C1CCCC=C1C. The molecule has 1 aliphatic rings. The second kappa shape index (κ2) is 6.72. The average Bonchev–Trinajstić information content (AvgIpc) is 2.20. The van der Waals surface area contributed by atoms with Crippen LogP contribution in [-0.2, 0) is 0 Å². The predicted molar refractivity (Wildman–Crippen MR) is 70.8 cm³/mol. The van der Waals surface area contributed by atoms with Gasteiger partial charge in [-0.15, -0.1) is 0 Å². The molecule has 0 unspecified atom stereocenters. The molecule has 0 saturated heterocycles. The van der Waals surface area contributed by atoms with Crippen LogP contribution in [0.3, 0.4) is 0 Å².